The minimum absolute atomic E-state index is 0.0238. The van der Waals surface area contributed by atoms with E-state index in [9.17, 15) is 18.0 Å². The Morgan fingerprint density at radius 3 is 2.29 bits per heavy atom. The third-order valence-corrected chi connectivity index (χ3v) is 5.31. The zero-order chi connectivity index (χ0) is 24.3. The van der Waals surface area contributed by atoms with E-state index >= 15 is 0 Å². The number of aromatic nitrogens is 2. The Morgan fingerprint density at radius 2 is 1.71 bits per heavy atom. The number of nitrogens with two attached hydrogens (primary N) is 1. The Morgan fingerprint density at radius 1 is 1.03 bits per heavy atom. The molecule has 0 fully saturated rings. The number of carboxylic acids is 1. The Labute approximate surface area is 192 Å². The van der Waals surface area contributed by atoms with Crippen LogP contribution in [0.25, 0.3) is 11.3 Å². The number of rotatable bonds is 9. The van der Waals surface area contributed by atoms with Gasteiger partial charge in [0.25, 0.3) is 5.82 Å². The van der Waals surface area contributed by atoms with E-state index in [2.05, 4.69) is 15.3 Å². The second-order valence-corrected chi connectivity index (χ2v) is 7.74. The summed E-state index contributed by atoms with van der Waals surface area (Å²) in [6, 6.07) is 16.5. The monoisotopic (exact) mass is 472 g/mol. The van der Waals surface area contributed by atoms with Gasteiger partial charge in [0.1, 0.15) is 24.6 Å². The van der Waals surface area contributed by atoms with Gasteiger partial charge in [0.15, 0.2) is 0 Å². The summed E-state index contributed by atoms with van der Waals surface area (Å²) in [4.78, 5) is 10.7. The van der Waals surface area contributed by atoms with Crippen molar-refractivity contribution in [2.45, 2.75) is 37.8 Å². The molecule has 176 valence electrons. The number of nitrogens with zero attached hydrogens (tertiary/aromatic N) is 4. The molecule has 0 amide bonds. The molecule has 2 heterocycles. The Balaban J connectivity index is 1.37. The quantitative estimate of drug-likeness (QED) is 0.452. The SMILES string of the molecule is Nc1ccc(-c2ccc(OCc3ccc(C4(C(F)(F)F)N=N4)cc3)cc2)n[n+]1CCCC(=O)O. The molecular formula is C23H21F3N5O3+. The van der Waals surface area contributed by atoms with E-state index in [4.69, 9.17) is 15.6 Å². The Bertz CT molecular complexity index is 1210. The van der Waals surface area contributed by atoms with Gasteiger partial charge in [-0.2, -0.15) is 13.2 Å². The molecule has 1 aliphatic rings. The molecule has 3 N–H and O–H groups in total. The zero-order valence-electron chi connectivity index (χ0n) is 17.9. The number of benzene rings is 2. The number of hydrogen-bond acceptors (Lipinski definition) is 6. The van der Waals surface area contributed by atoms with Crippen molar-refractivity contribution in [2.24, 2.45) is 10.2 Å². The molecule has 0 bridgehead atoms. The normalized spacial score (nSPS) is 14.1. The molecule has 8 nitrogen and oxygen atoms in total. The van der Waals surface area contributed by atoms with Crippen molar-refractivity contribution < 1.29 is 32.5 Å². The van der Waals surface area contributed by atoms with Crippen LogP contribution in [0.1, 0.15) is 24.0 Å². The number of hydrogen-bond donors (Lipinski definition) is 2. The van der Waals surface area contributed by atoms with Crippen LogP contribution in [0.5, 0.6) is 5.75 Å². The Kier molecular flexibility index (Phi) is 6.18. The molecule has 4 rings (SSSR count). The molecule has 34 heavy (non-hydrogen) atoms. The lowest BCUT2D eigenvalue weighted by Crippen LogP contribution is -2.41. The van der Waals surface area contributed by atoms with Crippen molar-refractivity contribution in [3.8, 4) is 17.0 Å². The minimum Gasteiger partial charge on any atom is -0.489 e. The summed E-state index contributed by atoms with van der Waals surface area (Å²) in [5, 5.41) is 19.7. The van der Waals surface area contributed by atoms with Gasteiger partial charge in [0.05, 0.1) is 0 Å². The van der Waals surface area contributed by atoms with Gasteiger partial charge in [-0.15, -0.1) is 14.9 Å². The maximum absolute atomic E-state index is 13.1. The molecule has 0 radical (unpaired) electrons. The highest BCUT2D eigenvalue weighted by atomic mass is 19.4. The number of anilines is 1. The Hall–Kier alpha value is -4.02. The zero-order valence-corrected chi connectivity index (χ0v) is 17.9. The first-order chi connectivity index (χ1) is 16.2. The fourth-order valence-corrected chi connectivity index (χ4v) is 3.35. The van der Waals surface area contributed by atoms with Gasteiger partial charge >= 0.3 is 17.8 Å². The van der Waals surface area contributed by atoms with Gasteiger partial charge in [-0.1, -0.05) is 29.4 Å². The summed E-state index contributed by atoms with van der Waals surface area (Å²) in [6.07, 6.45) is -4.11. The first-order valence-corrected chi connectivity index (χ1v) is 10.4. The van der Waals surface area contributed by atoms with Crippen LogP contribution in [0, 0.1) is 0 Å². The van der Waals surface area contributed by atoms with Crippen LogP contribution in [0.4, 0.5) is 19.0 Å². The van der Waals surface area contributed by atoms with Crippen molar-refractivity contribution in [3.05, 3.63) is 71.8 Å². The topological polar surface area (TPSA) is 114 Å². The van der Waals surface area contributed by atoms with E-state index in [1.807, 2.05) is 12.1 Å². The fourth-order valence-electron chi connectivity index (χ4n) is 3.35. The maximum atomic E-state index is 13.1. The van der Waals surface area contributed by atoms with E-state index in [1.54, 1.807) is 41.1 Å². The largest absolute Gasteiger partial charge is 0.489 e. The average molecular weight is 472 g/mol. The molecule has 1 aliphatic heterocycles. The molecular weight excluding hydrogens is 451 g/mol. The average Bonchev–Trinajstić information content (AvgIpc) is 3.62. The molecule has 0 saturated heterocycles. The highest BCUT2D eigenvalue weighted by Gasteiger charge is 2.65. The third-order valence-electron chi connectivity index (χ3n) is 5.31. The molecule has 1 aromatic heterocycles. The first-order valence-electron chi connectivity index (χ1n) is 10.4. The summed E-state index contributed by atoms with van der Waals surface area (Å²) in [5.74, 6) is 0.142. The number of nitrogen functional groups attached to an aromatic ring is 1. The van der Waals surface area contributed by atoms with Gasteiger partial charge < -0.3 is 9.84 Å². The lowest BCUT2D eigenvalue weighted by Gasteiger charge is -2.15. The summed E-state index contributed by atoms with van der Waals surface area (Å²) in [6.45, 7) is 0.564. The van der Waals surface area contributed by atoms with Crippen molar-refractivity contribution >= 4 is 11.8 Å². The second kappa shape index (κ2) is 9.08. The van der Waals surface area contributed by atoms with Crippen LogP contribution in [0.2, 0.25) is 0 Å². The maximum Gasteiger partial charge on any atom is 0.442 e. The molecule has 0 spiro atoms. The number of alkyl halides is 3. The number of halogens is 3. The van der Waals surface area contributed by atoms with Gasteiger partial charge in [-0.05, 0) is 42.3 Å². The number of ether oxygens (including phenoxy) is 1. The third kappa shape index (κ3) is 4.98. The second-order valence-electron chi connectivity index (χ2n) is 7.74. The van der Waals surface area contributed by atoms with Gasteiger partial charge in [0.2, 0.25) is 0 Å². The predicted molar refractivity (Wildman–Crippen MR) is 115 cm³/mol. The molecule has 0 unspecified atom stereocenters. The van der Waals surface area contributed by atoms with E-state index in [-0.39, 0.29) is 18.6 Å². The van der Waals surface area contributed by atoms with Gasteiger partial charge in [0, 0.05) is 23.6 Å². The molecule has 2 aromatic carbocycles. The summed E-state index contributed by atoms with van der Waals surface area (Å²) in [5.41, 5.74) is 5.67. The van der Waals surface area contributed by atoms with E-state index in [1.165, 1.54) is 12.1 Å². The van der Waals surface area contributed by atoms with Crippen molar-refractivity contribution in [3.63, 3.8) is 0 Å². The van der Waals surface area contributed by atoms with Crippen molar-refractivity contribution in [1.82, 2.24) is 5.10 Å². The van der Waals surface area contributed by atoms with Crippen molar-refractivity contribution in [2.75, 3.05) is 5.73 Å². The number of carbonyl (C=O) groups is 1. The lowest BCUT2D eigenvalue weighted by molar-refractivity contribution is -0.739. The summed E-state index contributed by atoms with van der Waals surface area (Å²) in [7, 11) is 0. The van der Waals surface area contributed by atoms with Crippen LogP contribution in [0.15, 0.2) is 70.9 Å². The van der Waals surface area contributed by atoms with E-state index < -0.39 is 17.8 Å². The van der Waals surface area contributed by atoms with Crippen LogP contribution < -0.4 is 15.2 Å². The molecule has 3 aromatic rings. The van der Waals surface area contributed by atoms with Crippen molar-refractivity contribution in [1.29, 1.82) is 0 Å². The smallest absolute Gasteiger partial charge is 0.442 e. The number of carboxylic acid groups (broad SMARTS) is 1. The van der Waals surface area contributed by atoms with Gasteiger partial charge in [-0.3, -0.25) is 10.5 Å². The van der Waals surface area contributed by atoms with Crippen LogP contribution in [0.3, 0.4) is 0 Å². The first kappa shape index (κ1) is 23.1. The standard InChI is InChI=1S/C23H20F3N5O3/c24-23(25,26)22(29-30-22)17-7-3-15(4-8-17)14-34-18-9-5-16(6-10-18)19-11-12-20(27)31(28-19)13-1-2-21(32)33/h3-12,27H,1-2,13-14H2,(H,32,33)/p+1. The number of aryl methyl sites for hydroxylation is 1. The molecule has 11 heteroatoms. The molecule has 0 saturated carbocycles. The van der Waals surface area contributed by atoms with Crippen LogP contribution in [-0.4, -0.2) is 22.4 Å². The summed E-state index contributed by atoms with van der Waals surface area (Å²) < 4.78 is 46.6. The van der Waals surface area contributed by atoms with Crippen LogP contribution in [-0.2, 0) is 23.6 Å². The molecule has 0 atom stereocenters. The lowest BCUT2D eigenvalue weighted by atomic mass is 10.0. The highest BCUT2D eigenvalue weighted by Crippen LogP contribution is 2.52. The predicted octanol–water partition coefficient (Wildman–Crippen LogP) is 4.24. The summed E-state index contributed by atoms with van der Waals surface area (Å²) >= 11 is 0. The molecule has 0 aliphatic carbocycles. The highest BCUT2D eigenvalue weighted by molar-refractivity contribution is 5.66. The van der Waals surface area contributed by atoms with E-state index in [0.717, 1.165) is 5.56 Å². The van der Waals surface area contributed by atoms with E-state index in [0.29, 0.717) is 35.8 Å². The number of aliphatic carboxylic acids is 1. The van der Waals surface area contributed by atoms with Crippen LogP contribution >= 0.6 is 0 Å². The minimum atomic E-state index is -4.55. The fraction of sp³-hybridized carbons (Fsp3) is 0.261. The van der Waals surface area contributed by atoms with Gasteiger partial charge in [-0.25, -0.2) is 0 Å².